The number of fused-ring (bicyclic) bond motifs is 2. The van der Waals surface area contributed by atoms with Gasteiger partial charge in [0.1, 0.15) is 0 Å². The lowest BCUT2D eigenvalue weighted by atomic mass is 10.0. The Hall–Kier alpha value is -1.50. The SMILES string of the molecule is C1=Cc2[o+]c3ccccc3cc2CC1.[O-][Cl+3]([O-])([O-])[O-]. The lowest BCUT2D eigenvalue weighted by Crippen LogP contribution is -2.68. The Morgan fingerprint density at radius 3 is 2.47 bits per heavy atom. The normalized spacial score (nSPS) is 13.7. The molecule has 1 aromatic carbocycles. The third kappa shape index (κ3) is 4.27. The van der Waals surface area contributed by atoms with Crippen LogP contribution in [0.15, 0.2) is 40.8 Å². The second-order valence-corrected chi connectivity index (χ2v) is 4.75. The standard InChI is InChI=1S/C13H11O.ClHO4/c1-3-7-12-10(5-1)9-11-6-2-4-8-13(11)14-12;2-1(3,4)5/h1,3-5,7-9H,2,6H2;(H,2,3,4,5)/q+1;/p-1. The summed E-state index contributed by atoms with van der Waals surface area (Å²) in [6.07, 6.45) is 6.47. The molecule has 0 unspecified atom stereocenters. The maximum absolute atomic E-state index is 8.49. The molecule has 0 saturated carbocycles. The largest absolute Gasteiger partial charge is 0.360 e. The number of hydrogen-bond acceptors (Lipinski definition) is 4. The molecular weight excluding hydrogens is 272 g/mol. The minimum atomic E-state index is -4.94. The highest BCUT2D eigenvalue weighted by Gasteiger charge is 2.17. The fourth-order valence-electron chi connectivity index (χ4n) is 1.90. The monoisotopic (exact) mass is 282 g/mol. The smallest absolute Gasteiger partial charge is 0.222 e. The molecule has 3 rings (SSSR count). The van der Waals surface area contributed by atoms with Crippen molar-refractivity contribution < 1.29 is 33.3 Å². The van der Waals surface area contributed by atoms with Gasteiger partial charge in [0.2, 0.25) is 0 Å². The first-order valence-corrected chi connectivity index (χ1v) is 6.80. The number of hydrogen-bond donors (Lipinski definition) is 0. The molecular formula is C13H11ClO5. The van der Waals surface area contributed by atoms with Gasteiger partial charge in [0, 0.05) is 12.1 Å². The summed E-state index contributed by atoms with van der Waals surface area (Å²) in [5.74, 6) is 1.02. The van der Waals surface area contributed by atoms with Gasteiger partial charge in [0.05, 0.1) is 10.9 Å². The first-order chi connectivity index (χ1) is 8.93. The van der Waals surface area contributed by atoms with Gasteiger partial charge in [-0.15, -0.1) is 10.2 Å². The zero-order valence-corrected chi connectivity index (χ0v) is 10.6. The zero-order chi connectivity index (χ0) is 13.9. The minimum Gasteiger partial charge on any atom is -0.222 e. The Morgan fingerprint density at radius 2 is 1.74 bits per heavy atom. The van der Waals surface area contributed by atoms with Gasteiger partial charge in [-0.2, -0.15) is 0 Å². The van der Waals surface area contributed by atoms with Gasteiger partial charge in [0.15, 0.2) is 0 Å². The van der Waals surface area contributed by atoms with E-state index >= 15 is 0 Å². The minimum absolute atomic E-state index is 0.970. The predicted molar refractivity (Wildman–Crippen MR) is 58.0 cm³/mol. The fourth-order valence-corrected chi connectivity index (χ4v) is 1.90. The summed E-state index contributed by atoms with van der Waals surface area (Å²) in [7, 11) is -4.94. The molecule has 2 aromatic rings. The zero-order valence-electron chi connectivity index (χ0n) is 9.87. The maximum atomic E-state index is 8.49. The van der Waals surface area contributed by atoms with Crippen molar-refractivity contribution in [2.24, 2.45) is 0 Å². The highest BCUT2D eigenvalue weighted by Crippen LogP contribution is 2.25. The van der Waals surface area contributed by atoms with Crippen LogP contribution >= 0.6 is 0 Å². The molecule has 100 valence electrons. The van der Waals surface area contributed by atoms with Crippen molar-refractivity contribution in [3.8, 4) is 0 Å². The van der Waals surface area contributed by atoms with Crippen molar-refractivity contribution in [2.75, 3.05) is 0 Å². The van der Waals surface area contributed by atoms with Crippen LogP contribution in [0.25, 0.3) is 17.0 Å². The predicted octanol–water partition coefficient (Wildman–Crippen LogP) is -1.08. The molecule has 0 bridgehead atoms. The Labute approximate surface area is 111 Å². The van der Waals surface area contributed by atoms with Gasteiger partial charge in [-0.3, -0.25) is 0 Å². The summed E-state index contributed by atoms with van der Waals surface area (Å²) < 4.78 is 39.8. The molecule has 1 aromatic heterocycles. The fraction of sp³-hybridized carbons (Fsp3) is 0.154. The first-order valence-electron chi connectivity index (χ1n) is 5.56. The lowest BCUT2D eigenvalue weighted by molar-refractivity contribution is -2.00. The molecule has 0 spiro atoms. The molecule has 0 N–H and O–H groups in total. The number of halogens is 1. The molecule has 0 atom stereocenters. The quantitative estimate of drug-likeness (QED) is 0.572. The summed E-state index contributed by atoms with van der Waals surface area (Å²) in [5.41, 5.74) is 2.30. The number of rotatable bonds is 0. The molecule has 6 heteroatoms. The van der Waals surface area contributed by atoms with Gasteiger partial charge < -0.3 is 0 Å². The number of para-hydroxylation sites is 1. The Balaban J connectivity index is 0.000000232. The number of allylic oxidation sites excluding steroid dienone is 1. The second-order valence-electron chi connectivity index (χ2n) is 3.99. The molecule has 0 radical (unpaired) electrons. The van der Waals surface area contributed by atoms with Crippen LogP contribution in [0, 0.1) is 10.2 Å². The van der Waals surface area contributed by atoms with E-state index in [1.54, 1.807) is 0 Å². The molecule has 5 nitrogen and oxygen atoms in total. The second kappa shape index (κ2) is 5.64. The van der Waals surface area contributed by atoms with Crippen LogP contribution in [-0.4, -0.2) is 0 Å². The van der Waals surface area contributed by atoms with E-state index in [2.05, 4.69) is 24.3 Å². The van der Waals surface area contributed by atoms with E-state index in [4.69, 9.17) is 23.1 Å². The lowest BCUT2D eigenvalue weighted by Gasteiger charge is -2.17. The molecule has 1 aliphatic carbocycles. The van der Waals surface area contributed by atoms with E-state index in [9.17, 15) is 0 Å². The van der Waals surface area contributed by atoms with Gasteiger partial charge in [-0.25, -0.2) is 23.1 Å². The third-order valence-corrected chi connectivity index (χ3v) is 2.63. The van der Waals surface area contributed by atoms with E-state index in [-0.39, 0.29) is 0 Å². The van der Waals surface area contributed by atoms with Gasteiger partial charge in [-0.1, -0.05) is 18.2 Å². The van der Waals surface area contributed by atoms with Crippen LogP contribution in [-0.2, 0) is 6.42 Å². The number of aryl methyl sites for hydroxylation is 1. The molecule has 0 amide bonds. The Bertz CT molecular complexity index is 597. The summed E-state index contributed by atoms with van der Waals surface area (Å²) >= 11 is 0. The van der Waals surface area contributed by atoms with Crippen LogP contribution in [0.5, 0.6) is 0 Å². The average molecular weight is 283 g/mol. The highest BCUT2D eigenvalue weighted by molar-refractivity contribution is 5.78. The molecule has 1 heterocycles. The maximum Gasteiger partial charge on any atom is 0.360 e. The third-order valence-electron chi connectivity index (χ3n) is 2.63. The first kappa shape index (κ1) is 13.9. The van der Waals surface area contributed by atoms with E-state index in [0.29, 0.717) is 0 Å². The molecule has 19 heavy (non-hydrogen) atoms. The molecule has 1 aliphatic rings. The van der Waals surface area contributed by atoms with Crippen molar-refractivity contribution in [3.05, 3.63) is 47.7 Å². The van der Waals surface area contributed by atoms with Crippen LogP contribution < -0.4 is 18.6 Å². The van der Waals surface area contributed by atoms with Crippen LogP contribution in [0.1, 0.15) is 17.7 Å². The van der Waals surface area contributed by atoms with Crippen molar-refractivity contribution in [1.82, 2.24) is 0 Å². The topological polar surface area (TPSA) is 104 Å². The van der Waals surface area contributed by atoms with Crippen molar-refractivity contribution in [2.45, 2.75) is 12.8 Å². The van der Waals surface area contributed by atoms with E-state index < -0.39 is 10.2 Å². The number of benzene rings is 1. The van der Waals surface area contributed by atoms with Crippen LogP contribution in [0.4, 0.5) is 0 Å². The molecule has 0 aliphatic heterocycles. The van der Waals surface area contributed by atoms with E-state index in [0.717, 1.165) is 24.2 Å². The molecule has 0 fully saturated rings. The van der Waals surface area contributed by atoms with Crippen molar-refractivity contribution >= 4 is 17.0 Å². The summed E-state index contributed by atoms with van der Waals surface area (Å²) in [6, 6.07) is 10.4. The highest BCUT2D eigenvalue weighted by atomic mass is 35.7. The Kier molecular flexibility index (Phi) is 4.14. The summed E-state index contributed by atoms with van der Waals surface area (Å²) in [6.45, 7) is 0. The van der Waals surface area contributed by atoms with Gasteiger partial charge >= 0.3 is 11.3 Å². The average Bonchev–Trinajstić information content (AvgIpc) is 2.34. The summed E-state index contributed by atoms with van der Waals surface area (Å²) in [4.78, 5) is 0. The van der Waals surface area contributed by atoms with Crippen LogP contribution in [0.2, 0.25) is 0 Å². The van der Waals surface area contributed by atoms with E-state index in [1.807, 2.05) is 18.2 Å². The van der Waals surface area contributed by atoms with Gasteiger partial charge in [-0.05, 0) is 25.0 Å². The van der Waals surface area contributed by atoms with E-state index in [1.165, 1.54) is 10.9 Å². The van der Waals surface area contributed by atoms with Crippen molar-refractivity contribution in [1.29, 1.82) is 0 Å². The van der Waals surface area contributed by atoms with Gasteiger partial charge in [0.25, 0.3) is 0 Å². The molecule has 0 saturated heterocycles. The van der Waals surface area contributed by atoms with Crippen molar-refractivity contribution in [3.63, 3.8) is 0 Å². The Morgan fingerprint density at radius 1 is 1.05 bits per heavy atom. The van der Waals surface area contributed by atoms with Crippen LogP contribution in [0.3, 0.4) is 0 Å². The summed E-state index contributed by atoms with van der Waals surface area (Å²) in [5, 5.41) is 1.20.